The lowest BCUT2D eigenvalue weighted by Gasteiger charge is -2.10. The standard InChI is InChI=1S/C27H24FN5O3/c1-35-22-9-5-17(6-10-22)15-36-16-20-7-8-21(14-23(20)28)29-27(34)19-4-2-3-18(13-19)24-11-12-25-26(30-24)32-33-31-25/h2-14,31,33H,15-16H2,1H3,(H,29,34)(H,30,32). The number of benzene rings is 3. The minimum absolute atomic E-state index is 0.113. The molecule has 0 bridgehead atoms. The lowest BCUT2D eigenvalue weighted by molar-refractivity contribution is 0.102. The highest BCUT2D eigenvalue weighted by Gasteiger charge is 2.14. The van der Waals surface area contributed by atoms with Gasteiger partial charge in [-0.2, -0.15) is 0 Å². The third-order valence-electron chi connectivity index (χ3n) is 5.69. The van der Waals surface area contributed by atoms with Crippen molar-refractivity contribution in [2.75, 3.05) is 23.3 Å². The zero-order valence-electron chi connectivity index (χ0n) is 19.5. The second-order valence-electron chi connectivity index (χ2n) is 8.15. The van der Waals surface area contributed by atoms with Gasteiger partial charge in [0, 0.05) is 22.4 Å². The molecule has 0 aliphatic carbocycles. The van der Waals surface area contributed by atoms with Crippen LogP contribution >= 0.6 is 0 Å². The van der Waals surface area contributed by atoms with Crippen LogP contribution in [-0.2, 0) is 18.0 Å². The molecule has 36 heavy (non-hydrogen) atoms. The van der Waals surface area contributed by atoms with Gasteiger partial charge in [-0.25, -0.2) is 9.37 Å². The van der Waals surface area contributed by atoms with Gasteiger partial charge >= 0.3 is 0 Å². The summed E-state index contributed by atoms with van der Waals surface area (Å²) in [5.74, 6) is 0.642. The van der Waals surface area contributed by atoms with E-state index in [0.717, 1.165) is 22.6 Å². The minimum Gasteiger partial charge on any atom is -0.497 e. The van der Waals surface area contributed by atoms with Crippen LogP contribution in [0.2, 0.25) is 0 Å². The Morgan fingerprint density at radius 2 is 1.83 bits per heavy atom. The number of fused-ring (bicyclic) bond motifs is 1. The van der Waals surface area contributed by atoms with Gasteiger partial charge in [-0.05, 0) is 54.1 Å². The van der Waals surface area contributed by atoms with Crippen molar-refractivity contribution in [1.82, 2.24) is 10.5 Å². The number of aromatic nitrogens is 1. The fraction of sp³-hybridized carbons (Fsp3) is 0.111. The number of nitrogens with one attached hydrogen (secondary N) is 4. The predicted molar refractivity (Wildman–Crippen MR) is 136 cm³/mol. The van der Waals surface area contributed by atoms with Crippen LogP contribution in [0.25, 0.3) is 11.3 Å². The Kier molecular flexibility index (Phi) is 6.74. The topological polar surface area (TPSA) is 96.5 Å². The quantitative estimate of drug-likeness (QED) is 0.275. The number of methoxy groups -OCH3 is 1. The molecule has 1 aromatic heterocycles. The SMILES string of the molecule is COc1ccc(COCc2ccc(NC(=O)c3cccc(-c4ccc5c(n4)NNN5)c3)cc2F)cc1. The smallest absolute Gasteiger partial charge is 0.255 e. The summed E-state index contributed by atoms with van der Waals surface area (Å²) < 4.78 is 25.4. The first-order chi connectivity index (χ1) is 17.6. The lowest BCUT2D eigenvalue weighted by atomic mass is 10.1. The number of hydrogen-bond acceptors (Lipinski definition) is 7. The van der Waals surface area contributed by atoms with E-state index in [1.165, 1.54) is 6.07 Å². The highest BCUT2D eigenvalue weighted by Crippen LogP contribution is 2.27. The number of hydrazine groups is 2. The number of nitrogens with zero attached hydrogens (tertiary/aromatic N) is 1. The van der Waals surface area contributed by atoms with Gasteiger partial charge in [0.05, 0.1) is 31.7 Å². The molecular weight excluding hydrogens is 461 g/mol. The summed E-state index contributed by atoms with van der Waals surface area (Å²) in [7, 11) is 1.61. The monoisotopic (exact) mass is 485 g/mol. The summed E-state index contributed by atoms with van der Waals surface area (Å²) in [5.41, 5.74) is 13.1. The van der Waals surface area contributed by atoms with Crippen LogP contribution in [0.15, 0.2) is 78.9 Å². The van der Waals surface area contributed by atoms with Gasteiger partial charge in [0.2, 0.25) is 0 Å². The van der Waals surface area contributed by atoms with Crippen molar-refractivity contribution >= 4 is 23.1 Å². The third-order valence-corrected chi connectivity index (χ3v) is 5.69. The van der Waals surface area contributed by atoms with Gasteiger partial charge < -0.3 is 20.2 Å². The van der Waals surface area contributed by atoms with E-state index < -0.39 is 5.82 Å². The molecule has 4 N–H and O–H groups in total. The average molecular weight is 486 g/mol. The average Bonchev–Trinajstić information content (AvgIpc) is 3.38. The van der Waals surface area contributed by atoms with Crippen molar-refractivity contribution in [3.05, 3.63) is 101 Å². The van der Waals surface area contributed by atoms with Crippen molar-refractivity contribution in [3.8, 4) is 17.0 Å². The number of halogens is 1. The zero-order valence-corrected chi connectivity index (χ0v) is 19.5. The summed E-state index contributed by atoms with van der Waals surface area (Å²) in [6.45, 7) is 0.461. The van der Waals surface area contributed by atoms with E-state index in [1.54, 1.807) is 37.4 Å². The number of pyridine rings is 1. The highest BCUT2D eigenvalue weighted by atomic mass is 19.1. The molecule has 0 fully saturated rings. The zero-order chi connectivity index (χ0) is 24.9. The van der Waals surface area contributed by atoms with Crippen LogP contribution < -0.4 is 26.4 Å². The Hall–Kier alpha value is -4.47. The molecule has 1 aliphatic rings. The van der Waals surface area contributed by atoms with Crippen molar-refractivity contribution in [2.45, 2.75) is 13.2 Å². The number of amides is 1. The summed E-state index contributed by atoms with van der Waals surface area (Å²) >= 11 is 0. The molecule has 8 nitrogen and oxygen atoms in total. The van der Waals surface area contributed by atoms with Gasteiger partial charge in [-0.15, -0.1) is 5.53 Å². The van der Waals surface area contributed by atoms with E-state index in [2.05, 4.69) is 26.7 Å². The Morgan fingerprint density at radius 3 is 2.64 bits per heavy atom. The highest BCUT2D eigenvalue weighted by molar-refractivity contribution is 6.05. The van der Waals surface area contributed by atoms with E-state index in [9.17, 15) is 9.18 Å². The first kappa shape index (κ1) is 23.3. The number of rotatable bonds is 8. The molecule has 5 rings (SSSR count). The number of ether oxygens (including phenoxy) is 2. The summed E-state index contributed by atoms with van der Waals surface area (Å²) in [5, 5.41) is 2.75. The maximum absolute atomic E-state index is 14.6. The Labute approximate surface area is 207 Å². The van der Waals surface area contributed by atoms with E-state index in [4.69, 9.17) is 9.47 Å². The molecule has 0 spiro atoms. The number of hydrogen-bond donors (Lipinski definition) is 4. The molecule has 0 saturated heterocycles. The number of anilines is 3. The van der Waals surface area contributed by atoms with Gasteiger partial charge in [0.15, 0.2) is 5.82 Å². The van der Waals surface area contributed by atoms with Crippen molar-refractivity contribution in [3.63, 3.8) is 0 Å². The van der Waals surface area contributed by atoms with Crippen LogP contribution in [0.3, 0.4) is 0 Å². The Morgan fingerprint density at radius 1 is 0.972 bits per heavy atom. The molecule has 9 heteroatoms. The lowest BCUT2D eigenvalue weighted by Crippen LogP contribution is -2.19. The van der Waals surface area contributed by atoms with E-state index >= 15 is 0 Å². The van der Waals surface area contributed by atoms with Crippen molar-refractivity contribution in [1.29, 1.82) is 0 Å². The van der Waals surface area contributed by atoms with Gasteiger partial charge in [-0.3, -0.25) is 10.2 Å². The molecule has 0 radical (unpaired) electrons. The maximum Gasteiger partial charge on any atom is 0.255 e. The molecule has 0 unspecified atom stereocenters. The fourth-order valence-electron chi connectivity index (χ4n) is 3.74. The van der Waals surface area contributed by atoms with Crippen LogP contribution in [0.4, 0.5) is 21.6 Å². The van der Waals surface area contributed by atoms with Gasteiger partial charge in [-0.1, -0.05) is 30.3 Å². The van der Waals surface area contributed by atoms with Gasteiger partial charge in [0.1, 0.15) is 11.6 Å². The molecule has 2 heterocycles. The summed E-state index contributed by atoms with van der Waals surface area (Å²) in [6, 6.07) is 22.9. The van der Waals surface area contributed by atoms with Crippen LogP contribution in [0, 0.1) is 5.82 Å². The second-order valence-corrected chi connectivity index (χ2v) is 8.15. The molecule has 0 saturated carbocycles. The first-order valence-electron chi connectivity index (χ1n) is 11.3. The molecule has 3 aromatic carbocycles. The minimum atomic E-state index is -0.451. The van der Waals surface area contributed by atoms with Gasteiger partial charge in [0.25, 0.3) is 5.91 Å². The van der Waals surface area contributed by atoms with E-state index in [-0.39, 0.29) is 12.5 Å². The van der Waals surface area contributed by atoms with E-state index in [1.807, 2.05) is 42.5 Å². The molecule has 4 aromatic rings. The normalized spacial score (nSPS) is 11.8. The largest absolute Gasteiger partial charge is 0.497 e. The maximum atomic E-state index is 14.6. The van der Waals surface area contributed by atoms with Crippen LogP contribution in [0.5, 0.6) is 5.75 Å². The van der Waals surface area contributed by atoms with Crippen molar-refractivity contribution < 1.29 is 18.7 Å². The first-order valence-corrected chi connectivity index (χ1v) is 11.3. The summed E-state index contributed by atoms with van der Waals surface area (Å²) in [4.78, 5) is 17.4. The van der Waals surface area contributed by atoms with Crippen LogP contribution in [0.1, 0.15) is 21.5 Å². The number of carbonyl (C=O) groups is 1. The van der Waals surface area contributed by atoms with Crippen LogP contribution in [-0.4, -0.2) is 18.0 Å². The van der Waals surface area contributed by atoms with Crippen molar-refractivity contribution in [2.24, 2.45) is 0 Å². The molecule has 0 atom stereocenters. The third kappa shape index (κ3) is 5.27. The predicted octanol–water partition coefficient (Wildman–Crippen LogP) is 5.12. The molecule has 1 aliphatic heterocycles. The Bertz CT molecular complexity index is 1390. The number of carbonyl (C=O) groups excluding carboxylic acids is 1. The fourth-order valence-corrected chi connectivity index (χ4v) is 3.74. The Balaban J connectivity index is 1.21. The molecular formula is C27H24FN5O3. The second kappa shape index (κ2) is 10.4. The molecule has 1 amide bonds. The van der Waals surface area contributed by atoms with E-state index in [0.29, 0.717) is 34.9 Å². The summed E-state index contributed by atoms with van der Waals surface area (Å²) in [6.07, 6.45) is 0. The molecule has 182 valence electrons.